The Hall–Kier alpha value is -3.59. The number of fused-ring (bicyclic) bond motifs is 1. The third-order valence-corrected chi connectivity index (χ3v) is 6.53. The molecule has 0 radical (unpaired) electrons. The molecule has 9 heteroatoms. The van der Waals surface area contributed by atoms with Crippen LogP contribution in [0.3, 0.4) is 0 Å². The molecule has 35 heavy (non-hydrogen) atoms. The van der Waals surface area contributed by atoms with E-state index in [0.29, 0.717) is 49.2 Å². The van der Waals surface area contributed by atoms with Crippen molar-refractivity contribution in [2.75, 3.05) is 19.8 Å². The molecule has 184 valence electrons. The number of rotatable bonds is 10. The van der Waals surface area contributed by atoms with Crippen LogP contribution in [0, 0.1) is 12.7 Å². The Morgan fingerprint density at radius 2 is 1.66 bits per heavy atom. The Kier molecular flexibility index (Phi) is 7.55. The molecule has 0 aliphatic carbocycles. The maximum atomic E-state index is 13.2. The van der Waals surface area contributed by atoms with E-state index in [2.05, 4.69) is 10.3 Å². The van der Waals surface area contributed by atoms with Gasteiger partial charge in [0.05, 0.1) is 32.1 Å². The molecule has 0 saturated carbocycles. The summed E-state index contributed by atoms with van der Waals surface area (Å²) in [7, 11) is 0. The van der Waals surface area contributed by atoms with E-state index >= 15 is 0 Å². The van der Waals surface area contributed by atoms with Gasteiger partial charge in [-0.1, -0.05) is 11.3 Å². The lowest BCUT2D eigenvalue weighted by Gasteiger charge is -2.17. The van der Waals surface area contributed by atoms with E-state index in [1.54, 1.807) is 24.3 Å². The predicted molar refractivity (Wildman–Crippen MR) is 134 cm³/mol. The van der Waals surface area contributed by atoms with Crippen LogP contribution in [0.25, 0.3) is 16.2 Å². The highest BCUT2D eigenvalue weighted by atomic mass is 32.1. The first-order valence-corrected chi connectivity index (χ1v) is 12.3. The SMILES string of the molecule is CCOc1cc(C(=O)NCc2sc3nc(-c4ccc(F)cc4)cn3c2C)cc(OCC)c1OCC. The summed E-state index contributed by atoms with van der Waals surface area (Å²) in [6, 6.07) is 9.62. The second kappa shape index (κ2) is 10.8. The van der Waals surface area contributed by atoms with Gasteiger partial charge in [0.2, 0.25) is 5.75 Å². The first kappa shape index (κ1) is 24.5. The molecule has 1 N–H and O–H groups in total. The van der Waals surface area contributed by atoms with E-state index in [1.807, 2.05) is 38.3 Å². The van der Waals surface area contributed by atoms with Crippen LogP contribution in [0.1, 0.15) is 41.7 Å². The van der Waals surface area contributed by atoms with Gasteiger partial charge < -0.3 is 19.5 Å². The van der Waals surface area contributed by atoms with Gasteiger partial charge in [0.25, 0.3) is 5.91 Å². The summed E-state index contributed by atoms with van der Waals surface area (Å²) in [5.41, 5.74) is 3.04. The van der Waals surface area contributed by atoms with Gasteiger partial charge in [-0.2, -0.15) is 0 Å². The first-order chi connectivity index (χ1) is 16.9. The summed E-state index contributed by atoms with van der Waals surface area (Å²) in [6.07, 6.45) is 1.93. The highest BCUT2D eigenvalue weighted by molar-refractivity contribution is 7.17. The van der Waals surface area contributed by atoms with E-state index in [4.69, 9.17) is 14.2 Å². The summed E-state index contributed by atoms with van der Waals surface area (Å²) in [5, 5.41) is 2.99. The van der Waals surface area contributed by atoms with Gasteiger partial charge in [0.1, 0.15) is 5.82 Å². The van der Waals surface area contributed by atoms with Gasteiger partial charge in [0, 0.05) is 27.9 Å². The van der Waals surface area contributed by atoms with Crippen molar-refractivity contribution >= 4 is 22.2 Å². The maximum absolute atomic E-state index is 13.2. The molecule has 0 aliphatic rings. The largest absolute Gasteiger partial charge is 0.490 e. The number of imidazole rings is 1. The topological polar surface area (TPSA) is 74.1 Å². The molecule has 0 atom stereocenters. The molecule has 7 nitrogen and oxygen atoms in total. The van der Waals surface area contributed by atoms with Crippen LogP contribution in [0.15, 0.2) is 42.6 Å². The number of ether oxygens (including phenoxy) is 3. The number of benzene rings is 2. The average Bonchev–Trinajstić information content (AvgIpc) is 3.39. The summed E-state index contributed by atoms with van der Waals surface area (Å²) >= 11 is 1.50. The quantitative estimate of drug-likeness (QED) is 0.307. The third-order valence-electron chi connectivity index (χ3n) is 5.37. The minimum Gasteiger partial charge on any atom is -0.490 e. The number of hydrogen-bond donors (Lipinski definition) is 1. The molecule has 2 aromatic heterocycles. The lowest BCUT2D eigenvalue weighted by molar-refractivity contribution is 0.0950. The van der Waals surface area contributed by atoms with Crippen LogP contribution in [0.2, 0.25) is 0 Å². The minimum atomic E-state index is -0.279. The van der Waals surface area contributed by atoms with E-state index in [1.165, 1.54) is 23.5 Å². The Labute approximate surface area is 207 Å². The van der Waals surface area contributed by atoms with E-state index in [-0.39, 0.29) is 11.7 Å². The predicted octanol–water partition coefficient (Wildman–Crippen LogP) is 5.64. The van der Waals surface area contributed by atoms with Crippen molar-refractivity contribution in [1.82, 2.24) is 14.7 Å². The summed E-state index contributed by atoms with van der Waals surface area (Å²) < 4.78 is 32.4. The van der Waals surface area contributed by atoms with Crippen LogP contribution in [-0.4, -0.2) is 35.1 Å². The first-order valence-electron chi connectivity index (χ1n) is 11.5. The second-order valence-corrected chi connectivity index (χ2v) is 8.74. The zero-order valence-corrected chi connectivity index (χ0v) is 21.0. The van der Waals surface area contributed by atoms with Crippen molar-refractivity contribution in [2.24, 2.45) is 0 Å². The van der Waals surface area contributed by atoms with Crippen molar-refractivity contribution in [2.45, 2.75) is 34.2 Å². The highest BCUT2D eigenvalue weighted by Crippen LogP contribution is 2.39. The van der Waals surface area contributed by atoms with E-state index in [9.17, 15) is 9.18 Å². The van der Waals surface area contributed by atoms with Gasteiger partial charge in [-0.05, 0) is 64.1 Å². The van der Waals surface area contributed by atoms with Crippen LogP contribution in [0.5, 0.6) is 17.2 Å². The van der Waals surface area contributed by atoms with Crippen molar-refractivity contribution < 1.29 is 23.4 Å². The van der Waals surface area contributed by atoms with Crippen molar-refractivity contribution in [3.05, 3.63) is 64.5 Å². The molecule has 0 fully saturated rings. The Bertz CT molecular complexity index is 1300. The Morgan fingerprint density at radius 3 is 2.23 bits per heavy atom. The van der Waals surface area contributed by atoms with E-state index in [0.717, 1.165) is 26.8 Å². The fourth-order valence-corrected chi connectivity index (χ4v) is 4.74. The second-order valence-electron chi connectivity index (χ2n) is 7.68. The minimum absolute atomic E-state index is 0.243. The lowest BCUT2D eigenvalue weighted by Crippen LogP contribution is -2.23. The number of carbonyl (C=O) groups excluding carboxylic acids is 1. The van der Waals surface area contributed by atoms with Gasteiger partial charge in [-0.25, -0.2) is 9.37 Å². The van der Waals surface area contributed by atoms with Crippen LogP contribution in [0.4, 0.5) is 4.39 Å². The number of hydrogen-bond acceptors (Lipinski definition) is 6. The summed E-state index contributed by atoms with van der Waals surface area (Å²) in [4.78, 5) is 19.5. The Balaban J connectivity index is 1.53. The summed E-state index contributed by atoms with van der Waals surface area (Å²) in [5.74, 6) is 0.930. The number of nitrogens with zero attached hydrogens (tertiary/aromatic N) is 2. The number of carbonyl (C=O) groups is 1. The number of nitrogens with one attached hydrogen (secondary N) is 1. The molecule has 1 amide bonds. The standard InChI is InChI=1S/C26H28FN3O4S/c1-5-32-21-12-18(13-22(33-6-2)24(21)34-7-3)25(31)28-14-23-16(4)30-15-20(29-26(30)35-23)17-8-10-19(27)11-9-17/h8-13,15H,5-7,14H2,1-4H3,(H,28,31). The fourth-order valence-electron chi connectivity index (χ4n) is 3.70. The zero-order valence-electron chi connectivity index (χ0n) is 20.2. The molecule has 4 aromatic rings. The van der Waals surface area contributed by atoms with Gasteiger partial charge in [-0.15, -0.1) is 0 Å². The monoisotopic (exact) mass is 497 g/mol. The molecule has 0 bridgehead atoms. The number of aromatic nitrogens is 2. The van der Waals surface area contributed by atoms with Crippen LogP contribution in [-0.2, 0) is 6.54 Å². The molecule has 0 spiro atoms. The summed E-state index contributed by atoms with van der Waals surface area (Å²) in [6.45, 7) is 9.29. The molecule has 0 saturated heterocycles. The highest BCUT2D eigenvalue weighted by Gasteiger charge is 2.19. The average molecular weight is 498 g/mol. The van der Waals surface area contributed by atoms with Gasteiger partial charge in [-0.3, -0.25) is 9.20 Å². The van der Waals surface area contributed by atoms with Crippen molar-refractivity contribution in [1.29, 1.82) is 0 Å². The normalized spacial score (nSPS) is 11.0. The molecule has 2 aromatic carbocycles. The zero-order chi connectivity index (χ0) is 24.9. The lowest BCUT2D eigenvalue weighted by atomic mass is 10.1. The number of aryl methyl sites for hydroxylation is 1. The molecule has 0 unspecified atom stereocenters. The van der Waals surface area contributed by atoms with Crippen molar-refractivity contribution in [3.8, 4) is 28.5 Å². The Morgan fingerprint density at radius 1 is 1.03 bits per heavy atom. The van der Waals surface area contributed by atoms with Gasteiger partial charge >= 0.3 is 0 Å². The van der Waals surface area contributed by atoms with Crippen LogP contribution < -0.4 is 19.5 Å². The number of thiazole rings is 1. The third kappa shape index (κ3) is 5.24. The van der Waals surface area contributed by atoms with E-state index < -0.39 is 0 Å². The molecule has 0 aliphatic heterocycles. The van der Waals surface area contributed by atoms with Gasteiger partial charge in [0.15, 0.2) is 16.5 Å². The molecule has 4 rings (SSSR count). The molecule has 2 heterocycles. The number of amides is 1. The molecular weight excluding hydrogens is 469 g/mol. The fraction of sp³-hybridized carbons (Fsp3) is 0.308. The maximum Gasteiger partial charge on any atom is 0.251 e. The van der Waals surface area contributed by atoms with Crippen LogP contribution >= 0.6 is 11.3 Å². The number of halogens is 1. The molecular formula is C26H28FN3O4S. The van der Waals surface area contributed by atoms with Crippen molar-refractivity contribution in [3.63, 3.8) is 0 Å². The smallest absolute Gasteiger partial charge is 0.251 e.